The molecule has 3 N–H and O–H groups in total. The second-order valence-corrected chi connectivity index (χ2v) is 5.02. The third-order valence-electron chi connectivity index (χ3n) is 3.07. The second kappa shape index (κ2) is 4.80. The smallest absolute Gasteiger partial charge is 0.326 e. The Morgan fingerprint density at radius 2 is 2.17 bits per heavy atom. The maximum atomic E-state index is 11.9. The first-order chi connectivity index (χ1) is 8.49. The maximum absolute atomic E-state index is 11.9. The summed E-state index contributed by atoms with van der Waals surface area (Å²) in [5, 5.41) is 18.2. The molecular formula is C12H17N3O3. The molecule has 1 aromatic rings. The van der Waals surface area contributed by atoms with Crippen LogP contribution in [0.15, 0.2) is 6.07 Å². The van der Waals surface area contributed by atoms with Crippen molar-refractivity contribution in [1.29, 1.82) is 0 Å². The van der Waals surface area contributed by atoms with Crippen LogP contribution in [0.5, 0.6) is 0 Å². The number of carbonyl (C=O) groups excluding carboxylic acids is 1. The summed E-state index contributed by atoms with van der Waals surface area (Å²) in [6, 6.07) is 0.810. The van der Waals surface area contributed by atoms with Gasteiger partial charge in [-0.05, 0) is 24.8 Å². The predicted molar refractivity (Wildman–Crippen MR) is 64.3 cm³/mol. The zero-order valence-corrected chi connectivity index (χ0v) is 10.4. The number of aromatic nitrogens is 2. The standard InChI is InChI=1S/C12H17N3O3/c1-6(2)10(12(17)18)13-11(16)9-5-8(14-15-9)7-3-4-7/h5-7,10H,3-4H2,1-2H3,(H,13,16)(H,14,15)(H,17,18)/t10-/m0/s1. The lowest BCUT2D eigenvalue weighted by Gasteiger charge is -2.16. The van der Waals surface area contributed by atoms with Gasteiger partial charge in [0.05, 0.1) is 0 Å². The number of nitrogens with zero attached hydrogens (tertiary/aromatic N) is 1. The molecule has 1 aliphatic rings. The van der Waals surface area contributed by atoms with Gasteiger partial charge < -0.3 is 10.4 Å². The van der Waals surface area contributed by atoms with E-state index in [1.165, 1.54) is 0 Å². The topological polar surface area (TPSA) is 95.1 Å². The number of carboxylic acids is 1. The highest BCUT2D eigenvalue weighted by Crippen LogP contribution is 2.38. The number of aliphatic carboxylic acids is 1. The lowest BCUT2D eigenvalue weighted by atomic mass is 10.0. The Balaban J connectivity index is 2.03. The number of carboxylic acid groups (broad SMARTS) is 1. The summed E-state index contributed by atoms with van der Waals surface area (Å²) in [5.41, 5.74) is 1.21. The van der Waals surface area contributed by atoms with Gasteiger partial charge in [0.2, 0.25) is 0 Å². The molecule has 0 aliphatic heterocycles. The lowest BCUT2D eigenvalue weighted by molar-refractivity contribution is -0.140. The molecule has 0 unspecified atom stereocenters. The van der Waals surface area contributed by atoms with E-state index < -0.39 is 17.9 Å². The number of hydrogen-bond donors (Lipinski definition) is 3. The van der Waals surface area contributed by atoms with Gasteiger partial charge in [0.15, 0.2) is 0 Å². The molecule has 0 aromatic carbocycles. The highest BCUT2D eigenvalue weighted by Gasteiger charge is 2.28. The summed E-state index contributed by atoms with van der Waals surface area (Å²) in [4.78, 5) is 22.9. The number of aromatic amines is 1. The fraction of sp³-hybridized carbons (Fsp3) is 0.583. The molecule has 0 spiro atoms. The third-order valence-corrected chi connectivity index (χ3v) is 3.07. The molecule has 6 heteroatoms. The largest absolute Gasteiger partial charge is 0.480 e. The Labute approximate surface area is 105 Å². The summed E-state index contributed by atoms with van der Waals surface area (Å²) in [7, 11) is 0. The van der Waals surface area contributed by atoms with Crippen LogP contribution in [0.2, 0.25) is 0 Å². The number of carbonyl (C=O) groups is 2. The monoisotopic (exact) mass is 251 g/mol. The fourth-order valence-electron chi connectivity index (χ4n) is 1.79. The minimum atomic E-state index is -1.03. The first-order valence-corrected chi connectivity index (χ1v) is 6.08. The quantitative estimate of drug-likeness (QED) is 0.731. The number of amides is 1. The molecule has 6 nitrogen and oxygen atoms in total. The first kappa shape index (κ1) is 12.6. The van der Waals surface area contributed by atoms with Crippen LogP contribution in [0, 0.1) is 5.92 Å². The van der Waals surface area contributed by atoms with Crippen LogP contribution in [0.3, 0.4) is 0 Å². The van der Waals surface area contributed by atoms with Gasteiger partial charge in [-0.3, -0.25) is 9.89 Å². The van der Waals surface area contributed by atoms with Crippen molar-refractivity contribution in [2.45, 2.75) is 38.6 Å². The van der Waals surface area contributed by atoms with Crippen molar-refractivity contribution in [3.05, 3.63) is 17.5 Å². The van der Waals surface area contributed by atoms with Crippen molar-refractivity contribution in [2.75, 3.05) is 0 Å². The molecule has 2 rings (SSSR count). The minimum absolute atomic E-state index is 0.173. The summed E-state index contributed by atoms with van der Waals surface area (Å²) in [6.45, 7) is 3.50. The molecule has 18 heavy (non-hydrogen) atoms. The van der Waals surface area contributed by atoms with Gasteiger partial charge in [-0.2, -0.15) is 5.10 Å². The van der Waals surface area contributed by atoms with Crippen LogP contribution in [0.1, 0.15) is 48.8 Å². The molecule has 0 saturated heterocycles. The van der Waals surface area contributed by atoms with Crippen LogP contribution in [0.4, 0.5) is 0 Å². The van der Waals surface area contributed by atoms with E-state index in [-0.39, 0.29) is 11.6 Å². The van der Waals surface area contributed by atoms with E-state index in [2.05, 4.69) is 15.5 Å². The molecule has 1 amide bonds. The number of nitrogens with one attached hydrogen (secondary N) is 2. The Bertz CT molecular complexity index is 463. The van der Waals surface area contributed by atoms with Crippen LogP contribution < -0.4 is 5.32 Å². The number of rotatable bonds is 5. The summed E-state index contributed by atoms with van der Waals surface area (Å²) in [6.07, 6.45) is 2.24. The van der Waals surface area contributed by atoms with Gasteiger partial charge in [0, 0.05) is 11.6 Å². The Morgan fingerprint density at radius 1 is 1.50 bits per heavy atom. The highest BCUT2D eigenvalue weighted by atomic mass is 16.4. The molecule has 1 saturated carbocycles. The first-order valence-electron chi connectivity index (χ1n) is 6.08. The predicted octanol–water partition coefficient (Wildman–Crippen LogP) is 1.13. The number of hydrogen-bond acceptors (Lipinski definition) is 3. The van der Waals surface area contributed by atoms with Gasteiger partial charge in [0.25, 0.3) is 5.91 Å². The van der Waals surface area contributed by atoms with Gasteiger partial charge in [-0.1, -0.05) is 13.8 Å². The molecule has 1 aliphatic carbocycles. The fourth-order valence-corrected chi connectivity index (χ4v) is 1.79. The molecule has 1 atom stereocenters. The van der Waals surface area contributed by atoms with E-state index in [0.29, 0.717) is 5.92 Å². The van der Waals surface area contributed by atoms with Gasteiger partial charge in [-0.25, -0.2) is 4.79 Å². The Kier molecular flexibility index (Phi) is 3.36. The van der Waals surface area contributed by atoms with Gasteiger partial charge in [0.1, 0.15) is 11.7 Å². The Morgan fingerprint density at radius 3 is 2.67 bits per heavy atom. The van der Waals surface area contributed by atoms with Crippen LogP contribution in [-0.2, 0) is 4.79 Å². The van der Waals surface area contributed by atoms with Crippen molar-refractivity contribution in [2.24, 2.45) is 5.92 Å². The van der Waals surface area contributed by atoms with E-state index in [1.807, 2.05) is 0 Å². The SMILES string of the molecule is CC(C)[C@H](NC(=O)c1cc(C2CC2)[nH]n1)C(=O)O. The van der Waals surface area contributed by atoms with Crippen molar-refractivity contribution in [3.63, 3.8) is 0 Å². The molecule has 0 bridgehead atoms. The lowest BCUT2D eigenvalue weighted by Crippen LogP contribution is -2.44. The summed E-state index contributed by atoms with van der Waals surface area (Å²) < 4.78 is 0. The van der Waals surface area contributed by atoms with E-state index in [1.54, 1.807) is 19.9 Å². The zero-order valence-electron chi connectivity index (χ0n) is 10.4. The highest BCUT2D eigenvalue weighted by molar-refractivity contribution is 5.95. The van der Waals surface area contributed by atoms with Gasteiger partial charge >= 0.3 is 5.97 Å². The molecule has 1 fully saturated rings. The molecule has 1 aromatic heterocycles. The number of H-pyrrole nitrogens is 1. The average Bonchev–Trinajstić information content (AvgIpc) is 3.03. The summed E-state index contributed by atoms with van der Waals surface area (Å²) >= 11 is 0. The van der Waals surface area contributed by atoms with Crippen molar-refractivity contribution in [3.8, 4) is 0 Å². The molecular weight excluding hydrogens is 234 g/mol. The maximum Gasteiger partial charge on any atom is 0.326 e. The van der Waals surface area contributed by atoms with Crippen LogP contribution in [0.25, 0.3) is 0 Å². The molecule has 98 valence electrons. The van der Waals surface area contributed by atoms with E-state index in [0.717, 1.165) is 18.5 Å². The van der Waals surface area contributed by atoms with E-state index >= 15 is 0 Å². The minimum Gasteiger partial charge on any atom is -0.480 e. The Hall–Kier alpha value is -1.85. The average molecular weight is 251 g/mol. The molecule has 0 radical (unpaired) electrons. The van der Waals surface area contributed by atoms with Crippen LogP contribution >= 0.6 is 0 Å². The van der Waals surface area contributed by atoms with E-state index in [4.69, 9.17) is 5.11 Å². The summed E-state index contributed by atoms with van der Waals surface area (Å²) in [5.74, 6) is -1.16. The van der Waals surface area contributed by atoms with Gasteiger partial charge in [-0.15, -0.1) is 0 Å². The molecule has 1 heterocycles. The van der Waals surface area contributed by atoms with Crippen molar-refractivity contribution < 1.29 is 14.7 Å². The van der Waals surface area contributed by atoms with E-state index in [9.17, 15) is 9.59 Å². The second-order valence-electron chi connectivity index (χ2n) is 5.02. The zero-order chi connectivity index (χ0) is 13.3. The van der Waals surface area contributed by atoms with Crippen molar-refractivity contribution in [1.82, 2.24) is 15.5 Å². The normalized spacial score (nSPS) is 16.6. The third kappa shape index (κ3) is 2.69. The van der Waals surface area contributed by atoms with Crippen LogP contribution in [-0.4, -0.2) is 33.2 Å². The van der Waals surface area contributed by atoms with Crippen molar-refractivity contribution >= 4 is 11.9 Å².